The molecular formula is C18H21N3O6S. The van der Waals surface area contributed by atoms with Gasteiger partial charge >= 0.3 is 11.9 Å². The summed E-state index contributed by atoms with van der Waals surface area (Å²) in [6.45, 7) is 1.19. The van der Waals surface area contributed by atoms with Gasteiger partial charge in [0.15, 0.2) is 0 Å². The maximum Gasteiger partial charge on any atom is 0.352 e. The third kappa shape index (κ3) is 5.11. The zero-order chi connectivity index (χ0) is 20.8. The van der Waals surface area contributed by atoms with E-state index in [1.54, 1.807) is 12.1 Å². The van der Waals surface area contributed by atoms with Crippen LogP contribution in [0.5, 0.6) is 0 Å². The van der Waals surface area contributed by atoms with Crippen molar-refractivity contribution in [3.63, 3.8) is 0 Å². The number of primary amides is 1. The number of benzene rings is 1. The highest BCUT2D eigenvalue weighted by Crippen LogP contribution is 2.39. The molecule has 0 saturated carbocycles. The van der Waals surface area contributed by atoms with Crippen molar-refractivity contribution in [3.05, 3.63) is 47.2 Å². The summed E-state index contributed by atoms with van der Waals surface area (Å²) in [7, 11) is 0. The van der Waals surface area contributed by atoms with E-state index in [-0.39, 0.29) is 23.6 Å². The number of hydrogen-bond acceptors (Lipinski definition) is 7. The van der Waals surface area contributed by atoms with Crippen LogP contribution in [0.25, 0.3) is 0 Å². The minimum absolute atomic E-state index is 0.0220. The molecule has 2 aliphatic rings. The molecule has 1 unspecified atom stereocenters. The van der Waals surface area contributed by atoms with E-state index in [9.17, 15) is 19.2 Å². The zero-order valence-corrected chi connectivity index (χ0v) is 16.0. The van der Waals surface area contributed by atoms with Crippen molar-refractivity contribution in [2.24, 2.45) is 11.5 Å². The first-order chi connectivity index (χ1) is 13.2. The van der Waals surface area contributed by atoms with Crippen LogP contribution in [-0.2, 0) is 23.9 Å². The van der Waals surface area contributed by atoms with Crippen molar-refractivity contribution in [2.45, 2.75) is 24.8 Å². The molecule has 2 aliphatic heterocycles. The Morgan fingerprint density at radius 1 is 1.32 bits per heavy atom. The Kier molecular flexibility index (Phi) is 7.18. The van der Waals surface area contributed by atoms with E-state index in [2.05, 4.69) is 0 Å². The van der Waals surface area contributed by atoms with Gasteiger partial charge in [0.25, 0.3) is 0 Å². The minimum atomic E-state index is -1.15. The lowest BCUT2D eigenvalue weighted by molar-refractivity contribution is -0.146. The number of β-lactam (4-membered cyclic amide) rings is 1. The van der Waals surface area contributed by atoms with E-state index in [0.717, 1.165) is 5.56 Å². The molecule has 0 spiro atoms. The van der Waals surface area contributed by atoms with Crippen molar-refractivity contribution in [1.29, 1.82) is 0 Å². The smallest absolute Gasteiger partial charge is 0.352 e. The van der Waals surface area contributed by atoms with E-state index in [0.29, 0.717) is 17.7 Å². The Morgan fingerprint density at radius 2 is 1.96 bits per heavy atom. The predicted octanol–water partition coefficient (Wildman–Crippen LogP) is 0.365. The van der Waals surface area contributed by atoms with Gasteiger partial charge in [0, 0.05) is 18.2 Å². The number of carboxylic acid groups (broad SMARTS) is 1. The second-order valence-corrected chi connectivity index (χ2v) is 7.23. The lowest BCUT2D eigenvalue weighted by Gasteiger charge is -2.43. The molecule has 10 heteroatoms. The van der Waals surface area contributed by atoms with Crippen molar-refractivity contribution >= 4 is 35.5 Å². The largest absolute Gasteiger partial charge is 0.477 e. The molecule has 0 aliphatic carbocycles. The lowest BCUT2D eigenvalue weighted by Crippen LogP contribution is -2.54. The molecule has 1 saturated heterocycles. The fourth-order valence-electron chi connectivity index (χ4n) is 2.60. The molecule has 1 aromatic rings. The second kappa shape index (κ2) is 9.38. The number of nitrogens with two attached hydrogens (primary N) is 2. The minimum Gasteiger partial charge on any atom is -0.477 e. The Hall–Kier alpha value is -2.85. The third-order valence-corrected chi connectivity index (χ3v) is 5.33. The summed E-state index contributed by atoms with van der Waals surface area (Å²) in [6.07, 6.45) is 0.377. The topological polar surface area (TPSA) is 153 Å². The molecule has 2 amide bonds. The van der Waals surface area contributed by atoms with E-state index < -0.39 is 23.9 Å². The monoisotopic (exact) mass is 407 g/mol. The van der Waals surface area contributed by atoms with Crippen molar-refractivity contribution in [2.75, 3.05) is 12.4 Å². The fourth-order valence-corrected chi connectivity index (χ4v) is 3.85. The molecule has 3 rings (SSSR count). The second-order valence-electron chi connectivity index (χ2n) is 6.06. The Labute approximate surface area is 165 Å². The van der Waals surface area contributed by atoms with Gasteiger partial charge in [-0.05, 0) is 5.56 Å². The standard InChI is InChI=1S/C10H11NO5S.C8H10N2O/c1-5(12)16-3-6-4-17-8-2-7(13)11(8)9(6)10(14)15;9-7(8(10)11)6-4-2-1-3-5-6/h8H,2-4H2,1H3,(H,14,15);1-5,7H,9H2,(H2,10,11)/t8-;/m1./s1. The number of carbonyl (C=O) groups excluding carboxylic acids is 3. The summed E-state index contributed by atoms with van der Waals surface area (Å²) >= 11 is 1.49. The third-order valence-electron chi connectivity index (χ3n) is 4.05. The summed E-state index contributed by atoms with van der Waals surface area (Å²) < 4.78 is 4.79. The van der Waals surface area contributed by atoms with Crippen LogP contribution in [0.4, 0.5) is 0 Å². The van der Waals surface area contributed by atoms with Gasteiger partial charge in [0.2, 0.25) is 11.8 Å². The number of ether oxygens (including phenoxy) is 1. The van der Waals surface area contributed by atoms with Crippen molar-refractivity contribution in [1.82, 2.24) is 4.90 Å². The molecule has 2 atom stereocenters. The number of hydrogen-bond donors (Lipinski definition) is 3. The average Bonchev–Trinajstić information content (AvgIpc) is 2.65. The molecule has 2 heterocycles. The molecular weight excluding hydrogens is 386 g/mol. The average molecular weight is 407 g/mol. The molecule has 0 radical (unpaired) electrons. The van der Waals surface area contributed by atoms with Gasteiger partial charge in [-0.15, -0.1) is 11.8 Å². The molecule has 9 nitrogen and oxygen atoms in total. The van der Waals surface area contributed by atoms with E-state index in [1.807, 2.05) is 18.2 Å². The van der Waals surface area contributed by atoms with Crippen LogP contribution in [0.1, 0.15) is 24.9 Å². The Morgan fingerprint density at radius 3 is 2.46 bits per heavy atom. The van der Waals surface area contributed by atoms with Gasteiger partial charge in [0.05, 0.1) is 11.8 Å². The number of carboxylic acids is 1. The Bertz CT molecular complexity index is 811. The summed E-state index contributed by atoms with van der Waals surface area (Å²) in [5, 5.41) is 9.04. The van der Waals surface area contributed by atoms with Crippen LogP contribution in [0.15, 0.2) is 41.6 Å². The zero-order valence-electron chi connectivity index (χ0n) is 15.2. The van der Waals surface area contributed by atoms with Gasteiger partial charge in [-0.25, -0.2) is 4.79 Å². The SMILES string of the molecule is CC(=O)OCC1=C(C(=O)O)N2C(=O)C[C@H]2SC1.NC(=O)C(N)c1ccccc1. The number of nitrogens with zero attached hydrogens (tertiary/aromatic N) is 1. The van der Waals surface area contributed by atoms with Gasteiger partial charge in [-0.2, -0.15) is 0 Å². The first-order valence-electron chi connectivity index (χ1n) is 8.34. The number of fused-ring (bicyclic) bond motifs is 1. The lowest BCUT2D eigenvalue weighted by atomic mass is 10.1. The number of carbonyl (C=O) groups is 4. The molecule has 0 aromatic heterocycles. The number of aliphatic carboxylic acids is 1. The summed E-state index contributed by atoms with van der Waals surface area (Å²) in [4.78, 5) is 45.1. The molecule has 150 valence electrons. The fraction of sp³-hybridized carbons (Fsp3) is 0.333. The number of amides is 2. The molecule has 28 heavy (non-hydrogen) atoms. The first-order valence-corrected chi connectivity index (χ1v) is 9.39. The van der Waals surface area contributed by atoms with Gasteiger partial charge in [-0.1, -0.05) is 30.3 Å². The van der Waals surface area contributed by atoms with Crippen LogP contribution in [0, 0.1) is 0 Å². The number of thioether (sulfide) groups is 1. The predicted molar refractivity (Wildman–Crippen MR) is 102 cm³/mol. The quantitative estimate of drug-likeness (QED) is 0.467. The van der Waals surface area contributed by atoms with Crippen LogP contribution >= 0.6 is 11.8 Å². The van der Waals surface area contributed by atoms with Crippen LogP contribution in [0.2, 0.25) is 0 Å². The maximum atomic E-state index is 11.4. The highest BCUT2D eigenvalue weighted by molar-refractivity contribution is 8.00. The number of esters is 1. The van der Waals surface area contributed by atoms with E-state index in [4.69, 9.17) is 21.3 Å². The highest BCUT2D eigenvalue weighted by Gasteiger charge is 2.45. The summed E-state index contributed by atoms with van der Waals surface area (Å²) in [5.74, 6) is -1.84. The van der Waals surface area contributed by atoms with Crippen molar-refractivity contribution < 1.29 is 29.0 Å². The van der Waals surface area contributed by atoms with E-state index >= 15 is 0 Å². The Balaban J connectivity index is 0.000000221. The van der Waals surface area contributed by atoms with Gasteiger partial charge in [-0.3, -0.25) is 19.3 Å². The van der Waals surface area contributed by atoms with Crippen LogP contribution in [0.3, 0.4) is 0 Å². The van der Waals surface area contributed by atoms with Gasteiger partial charge < -0.3 is 21.3 Å². The normalized spacial score (nSPS) is 18.9. The van der Waals surface area contributed by atoms with Crippen LogP contribution < -0.4 is 11.5 Å². The van der Waals surface area contributed by atoms with E-state index in [1.165, 1.54) is 23.6 Å². The molecule has 5 N–H and O–H groups in total. The van der Waals surface area contributed by atoms with Gasteiger partial charge in [0.1, 0.15) is 18.3 Å². The molecule has 1 aromatic carbocycles. The summed E-state index contributed by atoms with van der Waals surface area (Å²) in [6, 6.07) is 8.36. The van der Waals surface area contributed by atoms with Crippen molar-refractivity contribution in [3.8, 4) is 0 Å². The maximum absolute atomic E-state index is 11.4. The summed E-state index contributed by atoms with van der Waals surface area (Å²) in [5.41, 5.74) is 11.7. The first kappa shape index (κ1) is 21.5. The molecule has 0 bridgehead atoms. The van der Waals surface area contributed by atoms with Crippen LogP contribution in [-0.4, -0.2) is 51.5 Å². The number of rotatable bonds is 5. The molecule has 1 fully saturated rings. The highest BCUT2D eigenvalue weighted by atomic mass is 32.2.